The number of nitrogens with one attached hydrogen (secondary N) is 2. The van der Waals surface area contributed by atoms with Crippen LogP contribution in [-0.2, 0) is 0 Å². The third-order valence-corrected chi connectivity index (χ3v) is 3.27. The lowest BCUT2D eigenvalue weighted by Crippen LogP contribution is -2.35. The first-order valence-electron chi connectivity index (χ1n) is 5.63. The van der Waals surface area contributed by atoms with Gasteiger partial charge in [0.15, 0.2) is 0 Å². The Hall–Kier alpha value is -1.66. The first kappa shape index (κ1) is 12.8. The second kappa shape index (κ2) is 5.32. The largest absolute Gasteiger partial charge is 0.394 e. The first-order chi connectivity index (χ1) is 8.60. The molecule has 2 heterocycles. The van der Waals surface area contributed by atoms with E-state index in [-0.39, 0.29) is 18.6 Å². The van der Waals surface area contributed by atoms with Gasteiger partial charge in [0, 0.05) is 23.2 Å². The molecule has 0 radical (unpaired) electrons. The van der Waals surface area contributed by atoms with Crippen molar-refractivity contribution in [3.63, 3.8) is 0 Å². The number of nitrogens with zero attached hydrogens (tertiary/aromatic N) is 1. The van der Waals surface area contributed by atoms with Crippen molar-refractivity contribution in [3.8, 4) is 11.3 Å². The van der Waals surface area contributed by atoms with Gasteiger partial charge < -0.3 is 15.4 Å². The van der Waals surface area contributed by atoms with E-state index in [2.05, 4.69) is 15.3 Å². The fourth-order valence-corrected chi connectivity index (χ4v) is 2.14. The van der Waals surface area contributed by atoms with Gasteiger partial charge in [0.05, 0.1) is 17.3 Å². The Morgan fingerprint density at radius 3 is 3.06 bits per heavy atom. The quantitative estimate of drug-likeness (QED) is 0.785. The fourth-order valence-electron chi connectivity index (χ4n) is 1.52. The van der Waals surface area contributed by atoms with Crippen LogP contribution in [0.15, 0.2) is 17.6 Å². The van der Waals surface area contributed by atoms with Gasteiger partial charge in [-0.2, -0.15) is 0 Å². The van der Waals surface area contributed by atoms with Gasteiger partial charge in [-0.05, 0) is 19.9 Å². The number of hydrogen-bond acceptors (Lipinski definition) is 4. The van der Waals surface area contributed by atoms with Crippen molar-refractivity contribution in [2.75, 3.05) is 6.61 Å². The molecule has 6 heteroatoms. The maximum absolute atomic E-state index is 11.8. The first-order valence-corrected chi connectivity index (χ1v) is 6.50. The molecule has 0 spiro atoms. The summed E-state index contributed by atoms with van der Waals surface area (Å²) in [5, 5.41) is 14.5. The van der Waals surface area contributed by atoms with Gasteiger partial charge in [-0.1, -0.05) is 0 Å². The zero-order valence-electron chi connectivity index (χ0n) is 10.2. The molecule has 0 saturated carbocycles. The number of carbonyl (C=O) groups is 1. The molecular formula is C12H15N3O2S. The zero-order valence-corrected chi connectivity index (χ0v) is 11.0. The van der Waals surface area contributed by atoms with Crippen molar-refractivity contribution >= 4 is 17.2 Å². The van der Waals surface area contributed by atoms with Crippen LogP contribution in [0.5, 0.6) is 0 Å². The minimum Gasteiger partial charge on any atom is -0.394 e. The molecule has 2 rings (SSSR count). The number of aliphatic hydroxyl groups excluding tert-OH is 1. The number of aromatic nitrogens is 2. The number of hydrogen-bond donors (Lipinski definition) is 3. The summed E-state index contributed by atoms with van der Waals surface area (Å²) in [6, 6.07) is 1.50. The number of aliphatic hydroxyl groups is 1. The van der Waals surface area contributed by atoms with E-state index in [4.69, 9.17) is 5.11 Å². The molecule has 0 saturated heterocycles. The highest BCUT2D eigenvalue weighted by Gasteiger charge is 2.12. The van der Waals surface area contributed by atoms with Crippen LogP contribution < -0.4 is 5.32 Å². The average Bonchev–Trinajstić information content (AvgIpc) is 2.96. The van der Waals surface area contributed by atoms with Gasteiger partial charge in [-0.25, -0.2) is 4.98 Å². The molecule has 0 aliphatic carbocycles. The topological polar surface area (TPSA) is 78.0 Å². The van der Waals surface area contributed by atoms with E-state index in [1.54, 1.807) is 30.5 Å². The predicted octanol–water partition coefficient (Wildman–Crippen LogP) is 1.56. The molecular weight excluding hydrogens is 250 g/mol. The monoisotopic (exact) mass is 265 g/mol. The molecule has 18 heavy (non-hydrogen) atoms. The normalized spacial score (nSPS) is 12.4. The highest BCUT2D eigenvalue weighted by Crippen LogP contribution is 2.22. The second-order valence-electron chi connectivity index (χ2n) is 4.11. The van der Waals surface area contributed by atoms with E-state index in [0.29, 0.717) is 5.69 Å². The van der Waals surface area contributed by atoms with E-state index in [9.17, 15) is 4.79 Å². The van der Waals surface area contributed by atoms with E-state index in [0.717, 1.165) is 16.3 Å². The Labute approximate surface area is 109 Å². The molecule has 1 amide bonds. The maximum Gasteiger partial charge on any atom is 0.268 e. The van der Waals surface area contributed by atoms with Crippen molar-refractivity contribution in [2.45, 2.75) is 19.9 Å². The van der Waals surface area contributed by atoms with Gasteiger partial charge in [0.2, 0.25) is 0 Å². The van der Waals surface area contributed by atoms with Crippen molar-refractivity contribution < 1.29 is 9.90 Å². The van der Waals surface area contributed by atoms with Crippen molar-refractivity contribution in [3.05, 3.63) is 28.3 Å². The number of carbonyl (C=O) groups excluding carboxylic acids is 1. The van der Waals surface area contributed by atoms with Crippen LogP contribution >= 0.6 is 11.3 Å². The number of H-pyrrole nitrogens is 1. The van der Waals surface area contributed by atoms with E-state index in [1.165, 1.54) is 0 Å². The lowest BCUT2D eigenvalue weighted by atomic mass is 10.2. The third kappa shape index (κ3) is 2.77. The van der Waals surface area contributed by atoms with Crippen LogP contribution in [0.1, 0.15) is 22.4 Å². The molecule has 1 unspecified atom stereocenters. The third-order valence-electron chi connectivity index (χ3n) is 2.49. The number of aryl methyl sites for hydroxylation is 1. The van der Waals surface area contributed by atoms with Crippen LogP contribution in [0.3, 0.4) is 0 Å². The van der Waals surface area contributed by atoms with Gasteiger partial charge in [-0.3, -0.25) is 4.79 Å². The summed E-state index contributed by atoms with van der Waals surface area (Å²) < 4.78 is 0. The van der Waals surface area contributed by atoms with Crippen molar-refractivity contribution in [1.29, 1.82) is 0 Å². The van der Waals surface area contributed by atoms with Gasteiger partial charge in [-0.15, -0.1) is 11.3 Å². The SMILES string of the molecule is Cc1nc(-c2c[nH]c(C(=O)NC(C)CO)c2)cs1. The molecule has 0 fully saturated rings. The molecule has 96 valence electrons. The molecule has 0 bridgehead atoms. The Morgan fingerprint density at radius 2 is 2.44 bits per heavy atom. The molecule has 1 atom stereocenters. The van der Waals surface area contributed by atoms with Gasteiger partial charge in [0.25, 0.3) is 5.91 Å². The summed E-state index contributed by atoms with van der Waals surface area (Å²) in [6.45, 7) is 3.60. The van der Waals surface area contributed by atoms with E-state index in [1.807, 2.05) is 12.3 Å². The molecule has 2 aromatic rings. The highest BCUT2D eigenvalue weighted by molar-refractivity contribution is 7.09. The Kier molecular flexibility index (Phi) is 3.78. The maximum atomic E-state index is 11.8. The average molecular weight is 265 g/mol. The minimum atomic E-state index is -0.259. The molecule has 0 aliphatic rings. The van der Waals surface area contributed by atoms with Crippen molar-refractivity contribution in [1.82, 2.24) is 15.3 Å². The second-order valence-corrected chi connectivity index (χ2v) is 5.17. The molecule has 2 aromatic heterocycles. The minimum absolute atomic E-state index is 0.0788. The molecule has 0 aliphatic heterocycles. The molecule has 5 nitrogen and oxygen atoms in total. The molecule has 3 N–H and O–H groups in total. The molecule has 0 aromatic carbocycles. The van der Waals surface area contributed by atoms with Crippen LogP contribution in [-0.4, -0.2) is 33.6 Å². The number of aromatic amines is 1. The highest BCUT2D eigenvalue weighted by atomic mass is 32.1. The Morgan fingerprint density at radius 1 is 1.67 bits per heavy atom. The number of thiazole rings is 1. The summed E-state index contributed by atoms with van der Waals surface area (Å²) >= 11 is 1.57. The summed E-state index contributed by atoms with van der Waals surface area (Å²) in [5.41, 5.74) is 2.22. The van der Waals surface area contributed by atoms with Crippen molar-refractivity contribution in [2.24, 2.45) is 0 Å². The van der Waals surface area contributed by atoms with Gasteiger partial charge >= 0.3 is 0 Å². The van der Waals surface area contributed by atoms with Crippen LogP contribution in [0.25, 0.3) is 11.3 Å². The van der Waals surface area contributed by atoms with Crippen LogP contribution in [0.4, 0.5) is 0 Å². The summed E-state index contributed by atoms with van der Waals surface area (Å²) in [4.78, 5) is 19.1. The van der Waals surface area contributed by atoms with E-state index >= 15 is 0 Å². The number of rotatable bonds is 4. The van der Waals surface area contributed by atoms with Gasteiger partial charge in [0.1, 0.15) is 5.69 Å². The van der Waals surface area contributed by atoms with Crippen LogP contribution in [0.2, 0.25) is 0 Å². The van der Waals surface area contributed by atoms with Crippen LogP contribution in [0, 0.1) is 6.92 Å². The Balaban J connectivity index is 2.13. The summed E-state index contributed by atoms with van der Waals surface area (Å²) in [5.74, 6) is -0.227. The van der Waals surface area contributed by atoms with E-state index < -0.39 is 0 Å². The lowest BCUT2D eigenvalue weighted by molar-refractivity contribution is 0.0918. The standard InChI is InChI=1S/C12H15N3O2S/c1-7(5-16)14-12(17)10-3-9(4-13-10)11-6-18-8(2)15-11/h3-4,6-7,13,16H,5H2,1-2H3,(H,14,17). The zero-order chi connectivity index (χ0) is 13.1. The Bertz CT molecular complexity index is 547. The summed E-state index contributed by atoms with van der Waals surface area (Å²) in [7, 11) is 0. The number of amides is 1. The predicted molar refractivity (Wildman–Crippen MR) is 70.7 cm³/mol. The fraction of sp³-hybridized carbons (Fsp3) is 0.333. The smallest absolute Gasteiger partial charge is 0.268 e. The lowest BCUT2D eigenvalue weighted by Gasteiger charge is -2.08. The summed E-state index contributed by atoms with van der Waals surface area (Å²) in [6.07, 6.45) is 1.76.